The van der Waals surface area contributed by atoms with Gasteiger partial charge in [0.1, 0.15) is 5.65 Å². The fraction of sp³-hybridized carbons (Fsp3) is 0.591. The Bertz CT molecular complexity index is 873. The summed E-state index contributed by atoms with van der Waals surface area (Å²) in [5.74, 6) is 0.822. The highest BCUT2D eigenvalue weighted by Crippen LogP contribution is 2.35. The minimum absolute atomic E-state index is 0.0621. The molecule has 3 heterocycles. The standard InChI is InChI=1S/C22H31N5O2/c1-15(2)25-21(28)11-18-6-7-19(27(18)13-16-3-4-16)12-24-22(29)17-5-8-20-23-9-10-26(20)14-17/h5,8-10,14-16,18-19H,3-4,6-7,11-13H2,1-2H3,(H,24,29)(H,25,28)/t18-,19+/m1/s1. The summed E-state index contributed by atoms with van der Waals surface area (Å²) in [5, 5.41) is 6.13. The zero-order valence-corrected chi connectivity index (χ0v) is 17.3. The Morgan fingerprint density at radius 3 is 2.72 bits per heavy atom. The predicted octanol–water partition coefficient (Wildman–Crippen LogP) is 2.22. The number of likely N-dealkylation sites (tertiary alicyclic amines) is 1. The van der Waals surface area contributed by atoms with Crippen molar-refractivity contribution >= 4 is 17.5 Å². The lowest BCUT2D eigenvalue weighted by Gasteiger charge is -2.30. The van der Waals surface area contributed by atoms with E-state index in [1.165, 1.54) is 12.8 Å². The molecule has 7 nitrogen and oxygen atoms in total. The zero-order valence-electron chi connectivity index (χ0n) is 17.3. The van der Waals surface area contributed by atoms with Crippen LogP contribution in [0.25, 0.3) is 5.65 Å². The quantitative estimate of drug-likeness (QED) is 0.716. The van der Waals surface area contributed by atoms with Crippen molar-refractivity contribution in [2.75, 3.05) is 13.1 Å². The third kappa shape index (κ3) is 4.96. The molecule has 156 valence electrons. The fourth-order valence-corrected chi connectivity index (χ4v) is 4.31. The highest BCUT2D eigenvalue weighted by Gasteiger charge is 2.38. The maximum absolute atomic E-state index is 12.7. The van der Waals surface area contributed by atoms with Crippen LogP contribution >= 0.6 is 0 Å². The molecule has 29 heavy (non-hydrogen) atoms. The van der Waals surface area contributed by atoms with Gasteiger partial charge in [-0.1, -0.05) is 0 Å². The summed E-state index contributed by atoms with van der Waals surface area (Å²) in [5.41, 5.74) is 1.46. The summed E-state index contributed by atoms with van der Waals surface area (Å²) in [7, 11) is 0. The molecule has 2 atom stereocenters. The van der Waals surface area contributed by atoms with Crippen LogP contribution < -0.4 is 10.6 Å². The normalized spacial score (nSPS) is 22.3. The molecule has 4 rings (SSSR count). The highest BCUT2D eigenvalue weighted by atomic mass is 16.2. The van der Waals surface area contributed by atoms with Gasteiger partial charge in [0.15, 0.2) is 0 Å². The molecule has 1 saturated carbocycles. The van der Waals surface area contributed by atoms with Crippen LogP contribution in [0.1, 0.15) is 56.3 Å². The van der Waals surface area contributed by atoms with Crippen molar-refractivity contribution in [2.45, 2.75) is 64.1 Å². The topological polar surface area (TPSA) is 78.7 Å². The molecule has 0 bridgehead atoms. The van der Waals surface area contributed by atoms with Gasteiger partial charge in [-0.15, -0.1) is 0 Å². The number of carbonyl (C=O) groups excluding carboxylic acids is 2. The lowest BCUT2D eigenvalue weighted by atomic mass is 10.1. The minimum atomic E-state index is -0.0621. The third-order valence-corrected chi connectivity index (χ3v) is 5.96. The monoisotopic (exact) mass is 397 g/mol. The Morgan fingerprint density at radius 1 is 1.17 bits per heavy atom. The Hall–Kier alpha value is -2.41. The fourth-order valence-electron chi connectivity index (χ4n) is 4.31. The Balaban J connectivity index is 1.36. The summed E-state index contributed by atoms with van der Waals surface area (Å²) in [6, 6.07) is 4.41. The van der Waals surface area contributed by atoms with Gasteiger partial charge < -0.3 is 15.0 Å². The molecule has 2 amide bonds. The second-order valence-corrected chi connectivity index (χ2v) is 8.77. The molecule has 1 saturated heterocycles. The first-order valence-electron chi connectivity index (χ1n) is 10.8. The molecule has 0 radical (unpaired) electrons. The summed E-state index contributed by atoms with van der Waals surface area (Å²) in [6.07, 6.45) is 10.5. The summed E-state index contributed by atoms with van der Waals surface area (Å²) in [4.78, 5) is 31.6. The molecule has 1 aliphatic carbocycles. The molecule has 2 aliphatic rings. The van der Waals surface area contributed by atoms with E-state index in [4.69, 9.17) is 0 Å². The van der Waals surface area contributed by atoms with Gasteiger partial charge in [-0.05, 0) is 57.6 Å². The van der Waals surface area contributed by atoms with E-state index in [1.54, 1.807) is 6.20 Å². The van der Waals surface area contributed by atoms with Crippen molar-refractivity contribution in [1.82, 2.24) is 24.9 Å². The van der Waals surface area contributed by atoms with E-state index in [-0.39, 0.29) is 23.9 Å². The predicted molar refractivity (Wildman–Crippen MR) is 112 cm³/mol. The molecule has 0 spiro atoms. The van der Waals surface area contributed by atoms with Crippen LogP contribution in [0.5, 0.6) is 0 Å². The maximum Gasteiger partial charge on any atom is 0.252 e. The van der Waals surface area contributed by atoms with Gasteiger partial charge in [-0.2, -0.15) is 0 Å². The van der Waals surface area contributed by atoms with E-state index in [9.17, 15) is 9.59 Å². The first-order valence-corrected chi connectivity index (χ1v) is 10.8. The second kappa shape index (κ2) is 8.53. The largest absolute Gasteiger partial charge is 0.354 e. The van der Waals surface area contributed by atoms with Gasteiger partial charge in [0.2, 0.25) is 5.91 Å². The van der Waals surface area contributed by atoms with E-state index in [0.717, 1.165) is 31.0 Å². The molecule has 0 aromatic carbocycles. The van der Waals surface area contributed by atoms with Crippen molar-refractivity contribution in [3.8, 4) is 0 Å². The maximum atomic E-state index is 12.7. The summed E-state index contributed by atoms with van der Waals surface area (Å²) >= 11 is 0. The average Bonchev–Trinajstić information content (AvgIpc) is 3.24. The van der Waals surface area contributed by atoms with E-state index in [0.29, 0.717) is 24.6 Å². The number of fused-ring (bicyclic) bond motifs is 1. The number of nitrogens with zero attached hydrogens (tertiary/aromatic N) is 3. The van der Waals surface area contributed by atoms with Crippen molar-refractivity contribution < 1.29 is 9.59 Å². The number of imidazole rings is 1. The van der Waals surface area contributed by atoms with Crippen molar-refractivity contribution in [3.63, 3.8) is 0 Å². The van der Waals surface area contributed by atoms with E-state index in [1.807, 2.05) is 42.8 Å². The Morgan fingerprint density at radius 2 is 1.97 bits per heavy atom. The van der Waals surface area contributed by atoms with Gasteiger partial charge in [-0.3, -0.25) is 14.5 Å². The molecule has 0 unspecified atom stereocenters. The first-order chi connectivity index (χ1) is 14.0. The second-order valence-electron chi connectivity index (χ2n) is 8.77. The smallest absolute Gasteiger partial charge is 0.252 e. The number of nitrogens with one attached hydrogen (secondary N) is 2. The number of amides is 2. The van der Waals surface area contributed by atoms with Crippen LogP contribution in [0, 0.1) is 5.92 Å². The minimum Gasteiger partial charge on any atom is -0.354 e. The number of rotatable bonds is 8. The first kappa shape index (κ1) is 19.9. The molecular formula is C22H31N5O2. The molecule has 2 aromatic rings. The van der Waals surface area contributed by atoms with Gasteiger partial charge in [0.25, 0.3) is 5.91 Å². The van der Waals surface area contributed by atoms with E-state index in [2.05, 4.69) is 20.5 Å². The van der Waals surface area contributed by atoms with Crippen LogP contribution in [0.4, 0.5) is 0 Å². The van der Waals surface area contributed by atoms with Crippen molar-refractivity contribution in [1.29, 1.82) is 0 Å². The van der Waals surface area contributed by atoms with Gasteiger partial charge in [0, 0.05) is 56.2 Å². The summed E-state index contributed by atoms with van der Waals surface area (Å²) in [6.45, 7) is 5.65. The van der Waals surface area contributed by atoms with Gasteiger partial charge in [0.05, 0.1) is 5.56 Å². The van der Waals surface area contributed by atoms with E-state index < -0.39 is 0 Å². The Kier molecular flexibility index (Phi) is 5.85. The zero-order chi connectivity index (χ0) is 20.4. The SMILES string of the molecule is CC(C)NC(=O)C[C@H]1CC[C@@H](CNC(=O)c2ccc3nccn3c2)N1CC1CC1. The molecule has 2 aromatic heterocycles. The lowest BCUT2D eigenvalue weighted by molar-refractivity contribution is -0.122. The number of aromatic nitrogens is 2. The molecule has 7 heteroatoms. The van der Waals surface area contributed by atoms with Crippen LogP contribution in [-0.2, 0) is 4.79 Å². The van der Waals surface area contributed by atoms with Crippen molar-refractivity contribution in [2.24, 2.45) is 5.92 Å². The van der Waals surface area contributed by atoms with Crippen molar-refractivity contribution in [3.05, 3.63) is 36.3 Å². The lowest BCUT2D eigenvalue weighted by Crippen LogP contribution is -2.46. The third-order valence-electron chi connectivity index (χ3n) is 5.96. The molecule has 2 N–H and O–H groups in total. The van der Waals surface area contributed by atoms with E-state index >= 15 is 0 Å². The number of carbonyl (C=O) groups is 2. The van der Waals surface area contributed by atoms with Crippen LogP contribution in [0.2, 0.25) is 0 Å². The number of hydrogen-bond donors (Lipinski definition) is 2. The van der Waals surface area contributed by atoms with Crippen LogP contribution in [0.15, 0.2) is 30.7 Å². The molecule has 1 aliphatic heterocycles. The number of hydrogen-bond acceptors (Lipinski definition) is 4. The average molecular weight is 398 g/mol. The van der Waals surface area contributed by atoms with Gasteiger partial charge in [-0.25, -0.2) is 4.98 Å². The highest BCUT2D eigenvalue weighted by molar-refractivity contribution is 5.94. The number of pyridine rings is 1. The van der Waals surface area contributed by atoms with Crippen LogP contribution in [0.3, 0.4) is 0 Å². The summed E-state index contributed by atoms with van der Waals surface area (Å²) < 4.78 is 1.85. The van der Waals surface area contributed by atoms with Gasteiger partial charge >= 0.3 is 0 Å². The molecule has 2 fully saturated rings. The Labute approximate surface area is 171 Å². The van der Waals surface area contributed by atoms with Crippen LogP contribution in [-0.4, -0.2) is 57.3 Å². The molecular weight excluding hydrogens is 366 g/mol.